The Hall–Kier alpha value is -1.60. The maximum atomic E-state index is 10.8. The Balaban J connectivity index is 1.97. The number of carboxylic acid groups (broad SMARTS) is 1. The van der Waals surface area contributed by atoms with Crippen molar-refractivity contribution in [1.29, 1.82) is 0 Å². The van der Waals surface area contributed by atoms with Crippen molar-refractivity contribution in [3.8, 4) is 0 Å². The van der Waals surface area contributed by atoms with E-state index in [0.29, 0.717) is 0 Å². The van der Waals surface area contributed by atoms with Crippen LogP contribution in [0.25, 0.3) is 11.2 Å². The third-order valence-corrected chi connectivity index (χ3v) is 4.66. The Morgan fingerprint density at radius 1 is 1.57 bits per heavy atom. The Morgan fingerprint density at radius 2 is 2.33 bits per heavy atom. The second kappa shape index (κ2) is 5.65. The number of pyridine rings is 1. The number of aryl methyl sites for hydroxylation is 1. The molecule has 21 heavy (non-hydrogen) atoms. The smallest absolute Gasteiger partial charge is 0.313 e. The first kappa shape index (κ1) is 14.3. The van der Waals surface area contributed by atoms with Crippen LogP contribution < -0.4 is 0 Å². The molecule has 1 N–H and O–H groups in total. The number of hydrogen-bond acceptors (Lipinski definition) is 5. The molecule has 0 spiro atoms. The largest absolute Gasteiger partial charge is 0.481 e. The van der Waals surface area contributed by atoms with E-state index in [1.165, 1.54) is 11.8 Å². The molecule has 0 atom stereocenters. The Labute approximate surface area is 126 Å². The van der Waals surface area contributed by atoms with E-state index in [1.54, 1.807) is 7.11 Å². The number of fused-ring (bicyclic) bond motifs is 1. The molecule has 2 aromatic heterocycles. The first-order chi connectivity index (χ1) is 10.1. The van der Waals surface area contributed by atoms with E-state index >= 15 is 0 Å². The normalized spacial score (nSPS) is 21.4. The molecule has 0 unspecified atom stereocenters. The van der Waals surface area contributed by atoms with Gasteiger partial charge >= 0.3 is 5.97 Å². The van der Waals surface area contributed by atoms with Crippen molar-refractivity contribution in [2.45, 2.75) is 37.1 Å². The van der Waals surface area contributed by atoms with Gasteiger partial charge in [-0.3, -0.25) is 4.79 Å². The molecular weight excluding hydrogens is 290 g/mol. The lowest BCUT2D eigenvalue weighted by molar-refractivity contribution is -0.133. The minimum atomic E-state index is -0.842. The molecule has 3 rings (SSSR count). The van der Waals surface area contributed by atoms with Gasteiger partial charge in [-0.05, 0) is 31.4 Å². The minimum Gasteiger partial charge on any atom is -0.481 e. The van der Waals surface area contributed by atoms with E-state index in [1.807, 2.05) is 19.2 Å². The van der Waals surface area contributed by atoms with Crippen molar-refractivity contribution in [3.63, 3.8) is 0 Å². The van der Waals surface area contributed by atoms with Gasteiger partial charge in [0.1, 0.15) is 5.52 Å². The molecule has 0 amide bonds. The molecule has 1 aliphatic carbocycles. The number of imidazole rings is 1. The van der Waals surface area contributed by atoms with Gasteiger partial charge in [0, 0.05) is 19.3 Å². The van der Waals surface area contributed by atoms with E-state index in [2.05, 4.69) is 14.5 Å². The van der Waals surface area contributed by atoms with Crippen LogP contribution in [0.2, 0.25) is 0 Å². The predicted octanol–water partition coefficient (Wildman–Crippen LogP) is 2.27. The Kier molecular flexibility index (Phi) is 3.86. The van der Waals surface area contributed by atoms with Gasteiger partial charge in [-0.1, -0.05) is 11.8 Å². The molecule has 7 heteroatoms. The minimum absolute atomic E-state index is 0.00271. The molecule has 6 nitrogen and oxygen atoms in total. The zero-order valence-corrected chi connectivity index (χ0v) is 12.8. The van der Waals surface area contributed by atoms with E-state index in [9.17, 15) is 4.79 Å². The summed E-state index contributed by atoms with van der Waals surface area (Å²) in [6, 6.07) is 2.27. The lowest BCUT2D eigenvalue weighted by Crippen LogP contribution is -2.33. The maximum Gasteiger partial charge on any atom is 0.313 e. The number of hydrogen-bond donors (Lipinski definition) is 1. The number of carboxylic acids is 1. The van der Waals surface area contributed by atoms with Crippen LogP contribution in [-0.4, -0.2) is 44.6 Å². The lowest BCUT2D eigenvalue weighted by Gasteiger charge is -2.35. The SMILES string of the molecule is COC1CC(n2c(SCC(=O)O)nc3cc(C)cnc32)C1. The van der Waals surface area contributed by atoms with Crippen LogP contribution in [0.5, 0.6) is 0 Å². The number of thioether (sulfide) groups is 1. The zero-order valence-electron chi connectivity index (χ0n) is 11.9. The standard InChI is InChI=1S/C14H17N3O3S/c1-8-3-11-13(15-6-8)17(9-4-10(5-9)20-2)14(16-11)21-7-12(18)19/h3,6,9-10H,4-5,7H2,1-2H3,(H,18,19). The van der Waals surface area contributed by atoms with Crippen molar-refractivity contribution < 1.29 is 14.6 Å². The molecule has 0 bridgehead atoms. The number of aromatic nitrogens is 3. The summed E-state index contributed by atoms with van der Waals surface area (Å²) in [6.45, 7) is 1.97. The fourth-order valence-electron chi connectivity index (χ4n) is 2.56. The Bertz CT molecular complexity index is 679. The molecule has 2 heterocycles. The Morgan fingerprint density at radius 3 is 3.00 bits per heavy atom. The summed E-state index contributed by atoms with van der Waals surface area (Å²) in [6.07, 6.45) is 3.92. The summed E-state index contributed by atoms with van der Waals surface area (Å²) >= 11 is 1.24. The van der Waals surface area contributed by atoms with Gasteiger partial charge in [0.2, 0.25) is 0 Å². The van der Waals surface area contributed by atoms with Gasteiger partial charge in [0.05, 0.1) is 11.9 Å². The summed E-state index contributed by atoms with van der Waals surface area (Å²) in [5, 5.41) is 9.61. The van der Waals surface area contributed by atoms with Crippen LogP contribution in [0, 0.1) is 6.92 Å². The molecule has 0 radical (unpaired) electrons. The third kappa shape index (κ3) is 2.75. The number of rotatable bonds is 5. The lowest BCUT2D eigenvalue weighted by atomic mass is 9.89. The predicted molar refractivity (Wildman–Crippen MR) is 79.7 cm³/mol. The van der Waals surface area contributed by atoms with E-state index in [0.717, 1.165) is 34.7 Å². The van der Waals surface area contributed by atoms with Crippen molar-refractivity contribution in [3.05, 3.63) is 17.8 Å². The second-order valence-corrected chi connectivity index (χ2v) is 6.23. The van der Waals surface area contributed by atoms with Gasteiger partial charge < -0.3 is 14.4 Å². The molecule has 1 saturated carbocycles. The zero-order chi connectivity index (χ0) is 15.0. The summed E-state index contributed by atoms with van der Waals surface area (Å²) in [5.74, 6) is -0.839. The monoisotopic (exact) mass is 307 g/mol. The van der Waals surface area contributed by atoms with Crippen molar-refractivity contribution in [2.24, 2.45) is 0 Å². The van der Waals surface area contributed by atoms with Gasteiger partial charge in [-0.25, -0.2) is 9.97 Å². The van der Waals surface area contributed by atoms with Gasteiger partial charge in [0.25, 0.3) is 0 Å². The molecule has 0 aromatic carbocycles. The molecule has 0 aliphatic heterocycles. The summed E-state index contributed by atoms with van der Waals surface area (Å²) < 4.78 is 7.40. The van der Waals surface area contributed by atoms with Gasteiger partial charge in [0.15, 0.2) is 10.8 Å². The van der Waals surface area contributed by atoms with Crippen LogP contribution >= 0.6 is 11.8 Å². The molecule has 1 fully saturated rings. The van der Waals surface area contributed by atoms with E-state index in [-0.39, 0.29) is 17.9 Å². The van der Waals surface area contributed by atoms with Crippen molar-refractivity contribution >= 4 is 28.9 Å². The fourth-order valence-corrected chi connectivity index (χ4v) is 3.35. The first-order valence-electron chi connectivity index (χ1n) is 6.80. The van der Waals surface area contributed by atoms with Crippen LogP contribution in [0.3, 0.4) is 0 Å². The number of ether oxygens (including phenoxy) is 1. The molecule has 0 saturated heterocycles. The highest BCUT2D eigenvalue weighted by atomic mass is 32.2. The van der Waals surface area contributed by atoms with Crippen LogP contribution in [-0.2, 0) is 9.53 Å². The van der Waals surface area contributed by atoms with Crippen LogP contribution in [0.15, 0.2) is 17.4 Å². The fraction of sp³-hybridized carbons (Fsp3) is 0.500. The molecule has 2 aromatic rings. The van der Waals surface area contributed by atoms with E-state index in [4.69, 9.17) is 9.84 Å². The average molecular weight is 307 g/mol. The van der Waals surface area contributed by atoms with Crippen molar-refractivity contribution in [1.82, 2.24) is 14.5 Å². The number of carbonyl (C=O) groups is 1. The highest BCUT2D eigenvalue weighted by molar-refractivity contribution is 7.99. The number of aliphatic carboxylic acids is 1. The summed E-state index contributed by atoms with van der Waals surface area (Å²) in [7, 11) is 1.72. The second-order valence-electron chi connectivity index (χ2n) is 5.29. The number of methoxy groups -OCH3 is 1. The van der Waals surface area contributed by atoms with Gasteiger partial charge in [-0.2, -0.15) is 0 Å². The highest BCUT2D eigenvalue weighted by Crippen LogP contribution is 2.39. The molecule has 1 aliphatic rings. The quantitative estimate of drug-likeness (QED) is 0.854. The molecular formula is C14H17N3O3S. The van der Waals surface area contributed by atoms with Gasteiger partial charge in [-0.15, -0.1) is 0 Å². The summed E-state index contributed by atoms with van der Waals surface area (Å²) in [4.78, 5) is 19.9. The maximum absolute atomic E-state index is 10.8. The van der Waals surface area contributed by atoms with Crippen molar-refractivity contribution in [2.75, 3.05) is 12.9 Å². The number of nitrogens with zero attached hydrogens (tertiary/aromatic N) is 3. The van der Waals surface area contributed by atoms with Crippen LogP contribution in [0.1, 0.15) is 24.4 Å². The first-order valence-corrected chi connectivity index (χ1v) is 7.79. The van der Waals surface area contributed by atoms with Crippen LogP contribution in [0.4, 0.5) is 0 Å². The third-order valence-electron chi connectivity index (χ3n) is 3.73. The highest BCUT2D eigenvalue weighted by Gasteiger charge is 2.33. The molecule has 112 valence electrons. The topological polar surface area (TPSA) is 77.2 Å². The average Bonchev–Trinajstić information content (AvgIpc) is 2.73. The van der Waals surface area contributed by atoms with E-state index < -0.39 is 5.97 Å². The summed E-state index contributed by atoms with van der Waals surface area (Å²) in [5.41, 5.74) is 2.70.